The minimum atomic E-state index is -0.808. The number of unbranched alkanes of at least 4 members (excludes halogenated alkanes) is 30. The summed E-state index contributed by atoms with van der Waals surface area (Å²) in [5, 5.41) is 0. The van der Waals surface area contributed by atoms with Crippen LogP contribution in [0.25, 0.3) is 0 Å². The Balaban J connectivity index is 4.43. The van der Waals surface area contributed by atoms with E-state index in [-0.39, 0.29) is 37.5 Å². The average molecular weight is 1080 g/mol. The van der Waals surface area contributed by atoms with Crippen molar-refractivity contribution in [3.05, 3.63) is 109 Å². The van der Waals surface area contributed by atoms with Crippen LogP contribution in [-0.2, 0) is 28.6 Å². The first-order valence-corrected chi connectivity index (χ1v) is 32.9. The first-order valence-electron chi connectivity index (χ1n) is 32.9. The Kier molecular flexibility index (Phi) is 62.3. The lowest BCUT2D eigenvalue weighted by molar-refractivity contribution is -0.167. The van der Waals surface area contributed by atoms with Crippen molar-refractivity contribution in [1.82, 2.24) is 0 Å². The fourth-order valence-corrected chi connectivity index (χ4v) is 9.18. The van der Waals surface area contributed by atoms with E-state index < -0.39 is 6.10 Å². The van der Waals surface area contributed by atoms with Crippen molar-refractivity contribution < 1.29 is 28.6 Å². The van der Waals surface area contributed by atoms with E-state index in [0.29, 0.717) is 19.3 Å². The van der Waals surface area contributed by atoms with Crippen LogP contribution in [0.3, 0.4) is 0 Å². The van der Waals surface area contributed by atoms with Crippen LogP contribution >= 0.6 is 0 Å². The predicted octanol–water partition coefficient (Wildman–Crippen LogP) is 22.6. The molecule has 6 heteroatoms. The van der Waals surface area contributed by atoms with E-state index in [9.17, 15) is 14.4 Å². The lowest BCUT2D eigenvalue weighted by Crippen LogP contribution is -2.30. The second-order valence-electron chi connectivity index (χ2n) is 21.6. The maximum Gasteiger partial charge on any atom is 0.306 e. The molecule has 0 bridgehead atoms. The standard InChI is InChI=1S/C72H122O6/c1-4-7-10-13-16-19-22-25-28-31-33-35-37-38-41-44-47-50-53-56-59-62-65-71(74)77-68-69(67-76-70(73)64-61-58-55-52-49-46-43-40-30-27-24-21-18-15-12-9-6-3)78-72(75)66-63-60-57-54-51-48-45-42-39-36-34-32-29-26-23-20-17-14-11-8-5-2/h8-9,11-12,17-18,20-21,26-27,29-30,34,36,43,46,52,55,69H,4-7,10,13-16,19,22-25,28,31-33,35,37-42,44-45,47-51,53-54,56-68H2,1-3H3/b11-8-,12-9-,20-17-,21-18-,29-26-,30-27-,36-34-,46-43-,55-52-. The number of hydrogen-bond donors (Lipinski definition) is 0. The number of carbonyl (C=O) groups excluding carboxylic acids is 3. The summed E-state index contributed by atoms with van der Waals surface area (Å²) < 4.78 is 16.9. The zero-order chi connectivity index (χ0) is 56.4. The van der Waals surface area contributed by atoms with Crippen molar-refractivity contribution in [1.29, 1.82) is 0 Å². The smallest absolute Gasteiger partial charge is 0.306 e. The molecule has 78 heavy (non-hydrogen) atoms. The van der Waals surface area contributed by atoms with Crippen LogP contribution in [0.5, 0.6) is 0 Å². The van der Waals surface area contributed by atoms with Crippen molar-refractivity contribution >= 4 is 17.9 Å². The fourth-order valence-electron chi connectivity index (χ4n) is 9.18. The molecule has 0 rings (SSSR count). The van der Waals surface area contributed by atoms with Crippen LogP contribution < -0.4 is 0 Å². The third kappa shape index (κ3) is 62.9. The van der Waals surface area contributed by atoms with E-state index in [1.807, 2.05) is 0 Å². The molecule has 0 fully saturated rings. The molecule has 0 saturated heterocycles. The first-order chi connectivity index (χ1) is 38.5. The second-order valence-corrected chi connectivity index (χ2v) is 21.6. The van der Waals surface area contributed by atoms with Crippen LogP contribution in [0.2, 0.25) is 0 Å². The quantitative estimate of drug-likeness (QED) is 0.0261. The van der Waals surface area contributed by atoms with E-state index in [0.717, 1.165) is 109 Å². The molecule has 0 aliphatic rings. The third-order valence-electron chi connectivity index (χ3n) is 14.0. The summed E-state index contributed by atoms with van der Waals surface area (Å²) in [6, 6.07) is 0. The Labute approximate surface area is 482 Å². The Morgan fingerprint density at radius 2 is 0.513 bits per heavy atom. The minimum absolute atomic E-state index is 0.0977. The Bertz CT molecular complexity index is 1570. The van der Waals surface area contributed by atoms with Gasteiger partial charge in [0.25, 0.3) is 0 Å². The highest BCUT2D eigenvalue weighted by atomic mass is 16.6. The van der Waals surface area contributed by atoms with Gasteiger partial charge in [0.1, 0.15) is 13.2 Å². The Hall–Kier alpha value is -3.93. The molecule has 6 nitrogen and oxygen atoms in total. The second kappa shape index (κ2) is 65.6. The van der Waals surface area contributed by atoms with E-state index in [1.165, 1.54) is 154 Å². The molecule has 0 aliphatic heterocycles. The number of hydrogen-bond acceptors (Lipinski definition) is 6. The Morgan fingerprint density at radius 3 is 0.833 bits per heavy atom. The van der Waals surface area contributed by atoms with Gasteiger partial charge in [0.2, 0.25) is 0 Å². The van der Waals surface area contributed by atoms with E-state index in [4.69, 9.17) is 14.2 Å². The first kappa shape index (κ1) is 74.1. The molecular weight excluding hydrogens is 961 g/mol. The molecule has 0 aliphatic carbocycles. The van der Waals surface area contributed by atoms with Gasteiger partial charge in [-0.2, -0.15) is 0 Å². The number of ether oxygens (including phenoxy) is 3. The zero-order valence-corrected chi connectivity index (χ0v) is 51.2. The van der Waals surface area contributed by atoms with Crippen molar-refractivity contribution in [2.75, 3.05) is 13.2 Å². The van der Waals surface area contributed by atoms with Crippen LogP contribution in [0, 0.1) is 0 Å². The summed E-state index contributed by atoms with van der Waals surface area (Å²) in [4.78, 5) is 38.4. The highest BCUT2D eigenvalue weighted by Crippen LogP contribution is 2.17. The number of allylic oxidation sites excluding steroid dienone is 18. The molecule has 1 atom stereocenters. The van der Waals surface area contributed by atoms with E-state index >= 15 is 0 Å². The highest BCUT2D eigenvalue weighted by molar-refractivity contribution is 5.71. The van der Waals surface area contributed by atoms with Crippen LogP contribution in [-0.4, -0.2) is 37.2 Å². The lowest BCUT2D eigenvalue weighted by Gasteiger charge is -2.18. The summed E-state index contributed by atoms with van der Waals surface area (Å²) in [6.07, 6.45) is 89.6. The molecule has 0 radical (unpaired) electrons. The predicted molar refractivity (Wildman–Crippen MR) is 339 cm³/mol. The molecule has 0 aromatic carbocycles. The molecule has 0 N–H and O–H groups in total. The van der Waals surface area contributed by atoms with Crippen LogP contribution in [0.15, 0.2) is 109 Å². The maximum absolute atomic E-state index is 12.9. The molecule has 0 heterocycles. The van der Waals surface area contributed by atoms with E-state index in [2.05, 4.69) is 130 Å². The van der Waals surface area contributed by atoms with Gasteiger partial charge in [-0.05, 0) is 96.3 Å². The molecule has 0 spiro atoms. The zero-order valence-electron chi connectivity index (χ0n) is 51.2. The van der Waals surface area contributed by atoms with Gasteiger partial charge in [-0.25, -0.2) is 0 Å². The number of rotatable bonds is 59. The van der Waals surface area contributed by atoms with Crippen molar-refractivity contribution in [2.24, 2.45) is 0 Å². The molecule has 446 valence electrons. The molecule has 0 saturated carbocycles. The minimum Gasteiger partial charge on any atom is -0.462 e. The van der Waals surface area contributed by atoms with E-state index in [1.54, 1.807) is 0 Å². The molecular formula is C72H122O6. The molecule has 0 amide bonds. The number of carbonyl (C=O) groups is 3. The van der Waals surface area contributed by atoms with Gasteiger partial charge in [0.15, 0.2) is 6.10 Å². The molecule has 0 aromatic heterocycles. The maximum atomic E-state index is 12.9. The topological polar surface area (TPSA) is 78.9 Å². The summed E-state index contributed by atoms with van der Waals surface area (Å²) in [7, 11) is 0. The number of esters is 3. The molecule has 1 unspecified atom stereocenters. The van der Waals surface area contributed by atoms with Gasteiger partial charge in [-0.3, -0.25) is 14.4 Å². The molecule has 0 aromatic rings. The van der Waals surface area contributed by atoms with Crippen molar-refractivity contribution in [3.8, 4) is 0 Å². The summed E-state index contributed by atoms with van der Waals surface area (Å²) in [5.41, 5.74) is 0. The Morgan fingerprint density at radius 1 is 0.269 bits per heavy atom. The summed E-state index contributed by atoms with van der Waals surface area (Å²) in [5.74, 6) is -0.956. The van der Waals surface area contributed by atoms with Gasteiger partial charge < -0.3 is 14.2 Å². The van der Waals surface area contributed by atoms with Crippen LogP contribution in [0.1, 0.15) is 310 Å². The fraction of sp³-hybridized carbons (Fsp3) is 0.708. The monoisotopic (exact) mass is 1080 g/mol. The van der Waals surface area contributed by atoms with Crippen LogP contribution in [0.4, 0.5) is 0 Å². The summed E-state index contributed by atoms with van der Waals surface area (Å²) in [6.45, 7) is 6.39. The van der Waals surface area contributed by atoms with Gasteiger partial charge in [-0.15, -0.1) is 0 Å². The highest BCUT2D eigenvalue weighted by Gasteiger charge is 2.19. The van der Waals surface area contributed by atoms with Gasteiger partial charge in [0, 0.05) is 19.3 Å². The van der Waals surface area contributed by atoms with Crippen molar-refractivity contribution in [3.63, 3.8) is 0 Å². The SMILES string of the molecule is CC/C=C\C/C=C\C/C=C\C/C=C\C/C=C\CCCC(=O)OCC(COC(=O)CCCCCCCCCCCCCCCCCCCCCCCC)OC(=O)CCCCCCCCCC/C=C\C/C=C\C/C=C\C/C=C\CC. The summed E-state index contributed by atoms with van der Waals surface area (Å²) >= 11 is 0. The van der Waals surface area contributed by atoms with Gasteiger partial charge >= 0.3 is 17.9 Å². The third-order valence-corrected chi connectivity index (χ3v) is 14.0. The van der Waals surface area contributed by atoms with Gasteiger partial charge in [0.05, 0.1) is 0 Å². The average Bonchev–Trinajstić information content (AvgIpc) is 3.44. The van der Waals surface area contributed by atoms with Crippen molar-refractivity contribution in [2.45, 2.75) is 316 Å². The van der Waals surface area contributed by atoms with Gasteiger partial charge in [-0.1, -0.05) is 304 Å². The largest absolute Gasteiger partial charge is 0.462 e. The lowest BCUT2D eigenvalue weighted by atomic mass is 10.0. The normalized spacial score (nSPS) is 12.8.